The third-order valence-electron chi connectivity index (χ3n) is 7.47. The fraction of sp³-hybridized carbons (Fsp3) is 0.216. The Hall–Kier alpha value is -3.07. The van der Waals surface area contributed by atoms with Gasteiger partial charge in [-0.3, -0.25) is 24.5 Å². The first-order valence-corrected chi connectivity index (χ1v) is 20.6. The van der Waals surface area contributed by atoms with E-state index in [1.54, 1.807) is 43.5 Å². The summed E-state index contributed by atoms with van der Waals surface area (Å²) in [5.74, 6) is -1.02. The summed E-state index contributed by atoms with van der Waals surface area (Å²) in [7, 11) is 2.97. The smallest absolute Gasteiger partial charge is 0.317 e. The van der Waals surface area contributed by atoms with Gasteiger partial charge in [0.15, 0.2) is 16.6 Å². The predicted molar refractivity (Wildman–Crippen MR) is 245 cm³/mol. The number of hydrogen-bond acceptors (Lipinski definition) is 10. The van der Waals surface area contributed by atoms with Crippen LogP contribution < -0.4 is 25.4 Å². The maximum Gasteiger partial charge on any atom is 0.317 e. The van der Waals surface area contributed by atoms with Crippen LogP contribution in [0.25, 0.3) is 0 Å². The van der Waals surface area contributed by atoms with Gasteiger partial charge in [-0.1, -0.05) is 0 Å². The van der Waals surface area contributed by atoms with E-state index in [4.69, 9.17) is 36.6 Å². The normalized spacial score (nSPS) is 11.0. The number of nitrogens with one attached hydrogen (secondary N) is 3. The Morgan fingerprint density at radius 2 is 1.29 bits per heavy atom. The Balaban J connectivity index is 0.000000801. The molecular formula is C37H35I4N3O10S. The van der Waals surface area contributed by atoms with Crippen molar-refractivity contribution in [3.05, 3.63) is 103 Å². The molecule has 0 fully saturated rings. The van der Waals surface area contributed by atoms with Crippen molar-refractivity contribution in [1.82, 2.24) is 10.6 Å². The van der Waals surface area contributed by atoms with Crippen LogP contribution in [-0.4, -0.2) is 78.0 Å². The number of aromatic hydroxyl groups is 1. The molecule has 0 saturated carbocycles. The Morgan fingerprint density at radius 1 is 0.764 bits per heavy atom. The lowest BCUT2D eigenvalue weighted by molar-refractivity contribution is -0.142. The number of esters is 1. The van der Waals surface area contributed by atoms with Gasteiger partial charge in [0.1, 0.15) is 17.2 Å². The number of aryl methyl sites for hydroxylation is 2. The highest BCUT2D eigenvalue weighted by Gasteiger charge is 2.25. The van der Waals surface area contributed by atoms with Crippen LogP contribution >= 0.6 is 103 Å². The molecule has 0 aliphatic rings. The second-order valence-corrected chi connectivity index (χ2v) is 16.6. The van der Waals surface area contributed by atoms with Gasteiger partial charge in [-0.25, -0.2) is 0 Å². The molecule has 4 rings (SSSR count). The molecule has 0 aliphatic heterocycles. The van der Waals surface area contributed by atoms with Crippen molar-refractivity contribution >= 4 is 137 Å². The number of aliphatic carboxylic acids is 2. The van der Waals surface area contributed by atoms with Crippen LogP contribution in [0.4, 0.5) is 5.69 Å². The van der Waals surface area contributed by atoms with Crippen molar-refractivity contribution in [3.8, 4) is 23.0 Å². The summed E-state index contributed by atoms with van der Waals surface area (Å²) < 4.78 is 19.7. The minimum atomic E-state index is -1.06. The number of halogens is 4. The molecule has 4 aromatic carbocycles. The summed E-state index contributed by atoms with van der Waals surface area (Å²) in [5.41, 5.74) is 4.37. The minimum Gasteiger partial charge on any atom is -0.506 e. The summed E-state index contributed by atoms with van der Waals surface area (Å²) >= 11 is 14.0. The van der Waals surface area contributed by atoms with E-state index >= 15 is 0 Å². The second kappa shape index (κ2) is 22.0. The van der Waals surface area contributed by atoms with Gasteiger partial charge in [0, 0.05) is 23.4 Å². The van der Waals surface area contributed by atoms with E-state index in [9.17, 15) is 24.3 Å². The number of phenolic OH excluding ortho intramolecular Hbond substituents is 1. The first-order valence-electron chi connectivity index (χ1n) is 15.9. The maximum absolute atomic E-state index is 13.1. The van der Waals surface area contributed by atoms with Gasteiger partial charge in [-0.05, 0) is 194 Å². The summed E-state index contributed by atoms with van der Waals surface area (Å²) in [5, 5.41) is 34.8. The third kappa shape index (κ3) is 13.8. The van der Waals surface area contributed by atoms with Crippen molar-refractivity contribution < 1.29 is 48.7 Å². The zero-order valence-electron chi connectivity index (χ0n) is 29.6. The average molecular weight is 1220 g/mol. The molecule has 55 heavy (non-hydrogen) atoms. The Bertz CT molecular complexity index is 2000. The first kappa shape index (κ1) is 46.3. The van der Waals surface area contributed by atoms with Gasteiger partial charge in [0.2, 0.25) is 0 Å². The van der Waals surface area contributed by atoms with Crippen LogP contribution in [-0.2, 0) is 19.1 Å². The number of benzene rings is 4. The zero-order valence-corrected chi connectivity index (χ0v) is 39.0. The SMILES string of the molecule is COC(=O)C(CNC(=S)Nc1ccc(C(=O)c2cc(C)c(OC)c(C)c2)cc1)c1cc(I)c(Oc2cc(I)c(O)c(I)c2)c(I)c1.O=C(O)CNCC(=O)O. The number of ketones is 1. The number of carbonyl (C=O) groups is 4. The van der Waals surface area contributed by atoms with Gasteiger partial charge in [-0.15, -0.1) is 0 Å². The highest BCUT2D eigenvalue weighted by Crippen LogP contribution is 2.38. The van der Waals surface area contributed by atoms with Crippen LogP contribution in [0.3, 0.4) is 0 Å². The molecular weight excluding hydrogens is 1190 g/mol. The van der Waals surface area contributed by atoms with Gasteiger partial charge in [-0.2, -0.15) is 0 Å². The molecule has 0 aliphatic carbocycles. The molecule has 1 atom stereocenters. The van der Waals surface area contributed by atoms with Gasteiger partial charge >= 0.3 is 17.9 Å². The number of methoxy groups -OCH3 is 2. The molecule has 4 aromatic rings. The summed E-state index contributed by atoms with van der Waals surface area (Å²) in [6.07, 6.45) is 0. The number of hydrogen-bond donors (Lipinski definition) is 6. The van der Waals surface area contributed by atoms with Crippen molar-refractivity contribution in [1.29, 1.82) is 0 Å². The lowest BCUT2D eigenvalue weighted by Crippen LogP contribution is -2.35. The van der Waals surface area contributed by atoms with E-state index in [0.717, 1.165) is 29.6 Å². The number of thiocarbonyl (C=S) groups is 1. The number of anilines is 1. The van der Waals surface area contributed by atoms with E-state index in [0.29, 0.717) is 40.6 Å². The van der Waals surface area contributed by atoms with E-state index in [-0.39, 0.29) is 31.2 Å². The molecule has 13 nitrogen and oxygen atoms in total. The molecule has 0 amide bonds. The van der Waals surface area contributed by atoms with Crippen molar-refractivity contribution in [2.75, 3.05) is 39.2 Å². The highest BCUT2D eigenvalue weighted by atomic mass is 127. The quantitative estimate of drug-likeness (QED) is 0.0316. The van der Waals surface area contributed by atoms with Gasteiger partial charge in [0.25, 0.3) is 0 Å². The summed E-state index contributed by atoms with van der Waals surface area (Å²) in [6, 6.07) is 18.0. The molecule has 0 bridgehead atoms. The summed E-state index contributed by atoms with van der Waals surface area (Å²) in [4.78, 5) is 45.4. The number of rotatable bonds is 14. The van der Waals surface area contributed by atoms with E-state index < -0.39 is 23.8 Å². The fourth-order valence-corrected chi connectivity index (χ4v) is 8.95. The Labute approximate surface area is 377 Å². The van der Waals surface area contributed by atoms with Gasteiger partial charge in [0.05, 0.1) is 47.5 Å². The lowest BCUT2D eigenvalue weighted by atomic mass is 9.98. The summed E-state index contributed by atoms with van der Waals surface area (Å²) in [6.45, 7) is 3.39. The zero-order chi connectivity index (χ0) is 41.0. The van der Waals surface area contributed by atoms with Crippen molar-refractivity contribution in [2.24, 2.45) is 0 Å². The lowest BCUT2D eigenvalue weighted by Gasteiger charge is -2.20. The maximum atomic E-state index is 13.1. The molecule has 6 N–H and O–H groups in total. The molecule has 18 heteroatoms. The second-order valence-electron chi connectivity index (χ2n) is 11.5. The Morgan fingerprint density at radius 3 is 1.76 bits per heavy atom. The monoisotopic (exact) mass is 1220 g/mol. The molecule has 0 saturated heterocycles. The van der Waals surface area contributed by atoms with Crippen LogP contribution in [0.1, 0.15) is 38.5 Å². The molecule has 0 heterocycles. The largest absolute Gasteiger partial charge is 0.506 e. The minimum absolute atomic E-state index is 0.0877. The molecule has 0 radical (unpaired) electrons. The van der Waals surface area contributed by atoms with E-state index in [1.807, 2.05) is 38.1 Å². The standard InChI is InChI=1S/C33H28I4N2O6S.C4H7NO4/c1-16-9-20(10-17(2)30(16)43-3)28(40)18-5-7-21(8-6-18)39-33(46)38-15-23(32(42)44-4)19-11-26(36)31(27(37)12-19)45-22-13-24(34)29(41)25(35)14-22;6-3(7)1-5-2-4(8)9/h5-14,23,41H,15H2,1-4H3,(H2,38,39,46);5H,1-2H2,(H,6,7)(H,8,9). The number of carboxylic acid groups (broad SMARTS) is 2. The fourth-order valence-electron chi connectivity index (χ4n) is 5.00. The third-order valence-corrected chi connectivity index (χ3v) is 11.0. The average Bonchev–Trinajstić information content (AvgIpc) is 3.11. The molecule has 292 valence electrons. The van der Waals surface area contributed by atoms with E-state index in [1.165, 1.54) is 7.11 Å². The molecule has 1 unspecified atom stereocenters. The van der Waals surface area contributed by atoms with Crippen LogP contribution in [0.5, 0.6) is 23.0 Å². The topological polar surface area (TPSA) is 193 Å². The van der Waals surface area contributed by atoms with Crippen LogP contribution in [0.15, 0.2) is 60.7 Å². The van der Waals surface area contributed by atoms with Crippen molar-refractivity contribution in [3.63, 3.8) is 0 Å². The van der Waals surface area contributed by atoms with Crippen LogP contribution in [0, 0.1) is 28.1 Å². The first-order chi connectivity index (χ1) is 25.9. The van der Waals surface area contributed by atoms with Crippen molar-refractivity contribution in [2.45, 2.75) is 19.8 Å². The predicted octanol–water partition coefficient (Wildman–Crippen LogP) is 7.45. The Kier molecular flexibility index (Phi) is 18.5. The number of carboxylic acids is 2. The number of phenols is 1. The van der Waals surface area contributed by atoms with Crippen LogP contribution in [0.2, 0.25) is 0 Å². The highest BCUT2D eigenvalue weighted by molar-refractivity contribution is 14.1. The molecule has 0 spiro atoms. The number of carbonyl (C=O) groups excluding carboxylic acids is 2. The van der Waals surface area contributed by atoms with E-state index in [2.05, 4.69) is 106 Å². The number of ether oxygens (including phenoxy) is 3. The molecule has 0 aromatic heterocycles. The van der Waals surface area contributed by atoms with Gasteiger partial charge < -0.3 is 40.2 Å².